The molecule has 1 amide bonds. The summed E-state index contributed by atoms with van der Waals surface area (Å²) >= 11 is 5.87. The number of amides is 1. The second-order valence-corrected chi connectivity index (χ2v) is 5.50. The first-order valence-corrected chi connectivity index (χ1v) is 7.81. The fraction of sp³-hybridized carbons (Fsp3) is 0.294. The van der Waals surface area contributed by atoms with Crippen LogP contribution in [0.3, 0.4) is 0 Å². The van der Waals surface area contributed by atoms with E-state index in [1.54, 1.807) is 18.2 Å². The third kappa shape index (κ3) is 4.97. The van der Waals surface area contributed by atoms with Crippen LogP contribution >= 0.6 is 11.6 Å². The molecule has 0 fully saturated rings. The minimum absolute atomic E-state index is 0.0364. The van der Waals surface area contributed by atoms with Crippen molar-refractivity contribution in [3.05, 3.63) is 35.0 Å². The van der Waals surface area contributed by atoms with E-state index < -0.39 is 18.5 Å². The fourth-order valence-corrected chi connectivity index (χ4v) is 2.32. The molecule has 2 rings (SSSR count). The Hall–Kier alpha value is -3.03. The van der Waals surface area contributed by atoms with Crippen LogP contribution in [0.25, 0.3) is 11.0 Å². The average Bonchev–Trinajstić information content (AvgIpc) is 3.02. The number of carbonyl (C=O) groups is 2. The van der Waals surface area contributed by atoms with Crippen molar-refractivity contribution in [3.8, 4) is 12.1 Å². The van der Waals surface area contributed by atoms with Gasteiger partial charge in [-0.25, -0.2) is 4.79 Å². The third-order valence-electron chi connectivity index (χ3n) is 3.35. The number of fused-ring (bicyclic) bond motifs is 1. The van der Waals surface area contributed by atoms with E-state index in [0.29, 0.717) is 16.0 Å². The number of rotatable bonds is 7. The molecule has 1 aromatic heterocycles. The standard InChI is InChI=1S/C17H14ClN3O4/c18-13-3-4-14-12(9-13)10-15(25-14)17(23)24-11-16(22)21(7-1-5-19)8-2-6-20/h3-4,9-10H,1-2,7-8,11H2. The molecule has 2 aromatic rings. The van der Waals surface area contributed by atoms with Gasteiger partial charge in [0.1, 0.15) is 5.58 Å². The maximum Gasteiger partial charge on any atom is 0.374 e. The van der Waals surface area contributed by atoms with E-state index in [0.717, 1.165) is 0 Å². The maximum atomic E-state index is 12.1. The molecule has 0 bridgehead atoms. The van der Waals surface area contributed by atoms with Gasteiger partial charge in [0.2, 0.25) is 5.76 Å². The minimum atomic E-state index is -0.777. The van der Waals surface area contributed by atoms with E-state index in [4.69, 9.17) is 31.3 Å². The first-order valence-electron chi connectivity index (χ1n) is 7.43. The molecule has 0 saturated carbocycles. The topological polar surface area (TPSA) is 107 Å². The lowest BCUT2D eigenvalue weighted by atomic mass is 10.2. The average molecular weight is 360 g/mol. The van der Waals surface area contributed by atoms with Crippen LogP contribution in [0.2, 0.25) is 5.02 Å². The Morgan fingerprint density at radius 2 is 1.84 bits per heavy atom. The van der Waals surface area contributed by atoms with Crippen LogP contribution in [0.4, 0.5) is 0 Å². The van der Waals surface area contributed by atoms with Gasteiger partial charge in [0.15, 0.2) is 6.61 Å². The van der Waals surface area contributed by atoms with Crippen LogP contribution in [0.5, 0.6) is 0 Å². The number of ether oxygens (including phenoxy) is 1. The quantitative estimate of drug-likeness (QED) is 0.703. The Morgan fingerprint density at radius 1 is 1.16 bits per heavy atom. The molecule has 128 valence electrons. The van der Waals surface area contributed by atoms with E-state index in [2.05, 4.69) is 0 Å². The van der Waals surface area contributed by atoms with E-state index in [1.807, 2.05) is 12.1 Å². The van der Waals surface area contributed by atoms with Gasteiger partial charge in [0, 0.05) is 23.5 Å². The summed E-state index contributed by atoms with van der Waals surface area (Å²) in [7, 11) is 0. The largest absolute Gasteiger partial charge is 0.450 e. The molecular weight excluding hydrogens is 346 g/mol. The maximum absolute atomic E-state index is 12.1. The lowest BCUT2D eigenvalue weighted by Crippen LogP contribution is -2.36. The number of benzene rings is 1. The second kappa shape index (κ2) is 8.72. The van der Waals surface area contributed by atoms with Gasteiger partial charge < -0.3 is 14.1 Å². The molecule has 0 spiro atoms. The summed E-state index contributed by atoms with van der Waals surface area (Å²) in [4.78, 5) is 25.4. The van der Waals surface area contributed by atoms with Crippen molar-refractivity contribution in [2.45, 2.75) is 12.8 Å². The van der Waals surface area contributed by atoms with Gasteiger partial charge in [0.25, 0.3) is 5.91 Å². The summed E-state index contributed by atoms with van der Waals surface area (Å²) in [5.74, 6) is -1.29. The molecule has 0 saturated heterocycles. The predicted octanol–water partition coefficient (Wildman–Crippen LogP) is 2.90. The van der Waals surface area contributed by atoms with Crippen molar-refractivity contribution in [2.75, 3.05) is 19.7 Å². The summed E-state index contributed by atoms with van der Waals surface area (Å²) in [6.07, 6.45) is 0.269. The molecule has 0 unspecified atom stereocenters. The van der Waals surface area contributed by atoms with Crippen molar-refractivity contribution in [2.24, 2.45) is 0 Å². The molecule has 0 aliphatic heterocycles. The van der Waals surface area contributed by atoms with E-state index >= 15 is 0 Å². The number of furan rings is 1. The van der Waals surface area contributed by atoms with Crippen molar-refractivity contribution >= 4 is 34.4 Å². The van der Waals surface area contributed by atoms with Crippen LogP contribution in [-0.2, 0) is 9.53 Å². The Balaban J connectivity index is 1.97. The monoisotopic (exact) mass is 359 g/mol. The number of esters is 1. The fourth-order valence-electron chi connectivity index (χ4n) is 2.14. The Morgan fingerprint density at radius 3 is 2.48 bits per heavy atom. The highest BCUT2D eigenvalue weighted by Gasteiger charge is 2.18. The molecule has 0 atom stereocenters. The molecular formula is C17H14ClN3O4. The van der Waals surface area contributed by atoms with Crippen molar-refractivity contribution < 1.29 is 18.7 Å². The van der Waals surface area contributed by atoms with Gasteiger partial charge in [-0.15, -0.1) is 0 Å². The normalized spacial score (nSPS) is 10.0. The lowest BCUT2D eigenvalue weighted by molar-refractivity contribution is -0.134. The summed E-state index contributed by atoms with van der Waals surface area (Å²) in [5, 5.41) is 18.4. The Bertz CT molecular complexity index is 845. The summed E-state index contributed by atoms with van der Waals surface area (Å²) < 4.78 is 10.3. The second-order valence-electron chi connectivity index (χ2n) is 5.07. The highest BCUT2D eigenvalue weighted by Crippen LogP contribution is 2.23. The molecule has 1 heterocycles. The van der Waals surface area contributed by atoms with Crippen LogP contribution in [0.15, 0.2) is 28.7 Å². The third-order valence-corrected chi connectivity index (χ3v) is 3.58. The number of nitrogens with zero attached hydrogens (tertiary/aromatic N) is 3. The SMILES string of the molecule is N#CCCN(CCC#N)C(=O)COC(=O)c1cc2cc(Cl)ccc2o1. The van der Waals surface area contributed by atoms with Gasteiger partial charge in [-0.1, -0.05) is 11.6 Å². The smallest absolute Gasteiger partial charge is 0.374 e. The summed E-state index contributed by atoms with van der Waals surface area (Å²) in [6.45, 7) is -0.136. The van der Waals surface area contributed by atoms with E-state index in [-0.39, 0.29) is 31.7 Å². The number of halogens is 1. The van der Waals surface area contributed by atoms with Gasteiger partial charge in [0.05, 0.1) is 25.0 Å². The lowest BCUT2D eigenvalue weighted by Gasteiger charge is -2.19. The van der Waals surface area contributed by atoms with Crippen molar-refractivity contribution in [1.82, 2.24) is 4.90 Å². The van der Waals surface area contributed by atoms with Crippen LogP contribution in [-0.4, -0.2) is 36.5 Å². The molecule has 0 radical (unpaired) electrons. The van der Waals surface area contributed by atoms with Crippen molar-refractivity contribution in [3.63, 3.8) is 0 Å². The Labute approximate surface area is 148 Å². The molecule has 7 nitrogen and oxygen atoms in total. The minimum Gasteiger partial charge on any atom is -0.450 e. The van der Waals surface area contributed by atoms with Crippen molar-refractivity contribution in [1.29, 1.82) is 10.5 Å². The highest BCUT2D eigenvalue weighted by molar-refractivity contribution is 6.31. The number of carbonyl (C=O) groups excluding carboxylic acids is 2. The predicted molar refractivity (Wildman–Crippen MR) is 88.5 cm³/mol. The number of hydrogen-bond donors (Lipinski definition) is 0. The van der Waals surface area contributed by atoms with Crippen LogP contribution in [0, 0.1) is 22.7 Å². The zero-order valence-corrected chi connectivity index (χ0v) is 14.0. The zero-order chi connectivity index (χ0) is 18.2. The highest BCUT2D eigenvalue weighted by atomic mass is 35.5. The van der Waals surface area contributed by atoms with E-state index in [1.165, 1.54) is 11.0 Å². The Kier molecular flexibility index (Phi) is 6.39. The number of hydrogen-bond acceptors (Lipinski definition) is 6. The number of nitriles is 2. The van der Waals surface area contributed by atoms with E-state index in [9.17, 15) is 9.59 Å². The van der Waals surface area contributed by atoms with Gasteiger partial charge in [-0.2, -0.15) is 10.5 Å². The first-order chi connectivity index (χ1) is 12.0. The van der Waals surface area contributed by atoms with Crippen LogP contribution < -0.4 is 0 Å². The zero-order valence-electron chi connectivity index (χ0n) is 13.2. The summed E-state index contributed by atoms with van der Waals surface area (Å²) in [6, 6.07) is 10.3. The molecule has 8 heteroatoms. The summed E-state index contributed by atoms with van der Waals surface area (Å²) in [5.41, 5.74) is 0.479. The van der Waals surface area contributed by atoms with Gasteiger partial charge in [-0.3, -0.25) is 4.79 Å². The van der Waals surface area contributed by atoms with Crippen LogP contribution in [0.1, 0.15) is 23.4 Å². The molecule has 25 heavy (non-hydrogen) atoms. The van der Waals surface area contributed by atoms with Gasteiger partial charge in [-0.05, 0) is 24.3 Å². The molecule has 0 aliphatic rings. The van der Waals surface area contributed by atoms with Gasteiger partial charge >= 0.3 is 5.97 Å². The molecule has 0 N–H and O–H groups in total. The molecule has 0 aliphatic carbocycles. The molecule has 1 aromatic carbocycles. The first kappa shape index (κ1) is 18.3.